The molecule has 0 amide bonds. The zero-order valence-electron chi connectivity index (χ0n) is 11.4. The SMILES string of the molecule is Cc1ccc(S(=O)(=O)NCCC#CC(C)(C)O)cc1. The molecule has 0 spiro atoms. The number of aliphatic hydroxyl groups is 1. The monoisotopic (exact) mass is 281 g/mol. The first-order chi connectivity index (χ1) is 8.71. The molecule has 0 aromatic heterocycles. The summed E-state index contributed by atoms with van der Waals surface area (Å²) < 4.78 is 26.3. The number of sulfonamides is 1. The highest BCUT2D eigenvalue weighted by Crippen LogP contribution is 2.09. The van der Waals surface area contributed by atoms with Gasteiger partial charge in [0.15, 0.2) is 0 Å². The van der Waals surface area contributed by atoms with Gasteiger partial charge in [-0.15, -0.1) is 0 Å². The Kier molecular flexibility index (Phi) is 5.12. The van der Waals surface area contributed by atoms with Crippen molar-refractivity contribution in [2.75, 3.05) is 6.54 Å². The van der Waals surface area contributed by atoms with Crippen LogP contribution in [0, 0.1) is 18.8 Å². The Morgan fingerprint density at radius 1 is 1.26 bits per heavy atom. The lowest BCUT2D eigenvalue weighted by atomic mass is 10.1. The van der Waals surface area contributed by atoms with Crippen molar-refractivity contribution < 1.29 is 13.5 Å². The van der Waals surface area contributed by atoms with Gasteiger partial charge in [0, 0.05) is 13.0 Å². The molecule has 0 aliphatic heterocycles. The van der Waals surface area contributed by atoms with Crippen molar-refractivity contribution in [3.63, 3.8) is 0 Å². The smallest absolute Gasteiger partial charge is 0.240 e. The van der Waals surface area contributed by atoms with E-state index in [1.54, 1.807) is 38.1 Å². The van der Waals surface area contributed by atoms with E-state index in [4.69, 9.17) is 0 Å². The highest BCUT2D eigenvalue weighted by atomic mass is 32.2. The first kappa shape index (κ1) is 15.7. The van der Waals surface area contributed by atoms with Crippen LogP contribution < -0.4 is 4.72 Å². The summed E-state index contributed by atoms with van der Waals surface area (Å²) in [6.07, 6.45) is 0.356. The van der Waals surface area contributed by atoms with Crippen molar-refractivity contribution in [1.29, 1.82) is 0 Å². The van der Waals surface area contributed by atoms with Crippen LogP contribution in [0.25, 0.3) is 0 Å². The minimum absolute atomic E-state index is 0.222. The van der Waals surface area contributed by atoms with E-state index in [-0.39, 0.29) is 11.4 Å². The minimum Gasteiger partial charge on any atom is -0.378 e. The van der Waals surface area contributed by atoms with Crippen molar-refractivity contribution in [2.24, 2.45) is 0 Å². The Hall–Kier alpha value is -1.35. The van der Waals surface area contributed by atoms with Gasteiger partial charge < -0.3 is 5.11 Å². The third kappa shape index (κ3) is 5.88. The Morgan fingerprint density at radius 2 is 1.84 bits per heavy atom. The van der Waals surface area contributed by atoms with Gasteiger partial charge in [-0.1, -0.05) is 29.5 Å². The zero-order valence-corrected chi connectivity index (χ0v) is 12.2. The molecule has 1 rings (SSSR count). The lowest BCUT2D eigenvalue weighted by Crippen LogP contribution is -2.24. The van der Waals surface area contributed by atoms with Crippen LogP contribution in [-0.4, -0.2) is 25.7 Å². The Morgan fingerprint density at radius 3 is 2.37 bits per heavy atom. The maximum Gasteiger partial charge on any atom is 0.240 e. The van der Waals surface area contributed by atoms with Crippen molar-refractivity contribution >= 4 is 10.0 Å². The molecule has 4 nitrogen and oxygen atoms in total. The fourth-order valence-electron chi connectivity index (χ4n) is 1.33. The lowest BCUT2D eigenvalue weighted by molar-refractivity contribution is 0.143. The highest BCUT2D eigenvalue weighted by Gasteiger charge is 2.12. The predicted octanol–water partition coefficient (Wildman–Crippen LogP) is 1.44. The first-order valence-electron chi connectivity index (χ1n) is 5.99. The van der Waals surface area contributed by atoms with Gasteiger partial charge in [-0.2, -0.15) is 0 Å². The van der Waals surface area contributed by atoms with E-state index in [0.29, 0.717) is 6.42 Å². The molecule has 0 unspecified atom stereocenters. The van der Waals surface area contributed by atoms with Crippen molar-refractivity contribution in [2.45, 2.75) is 37.7 Å². The van der Waals surface area contributed by atoms with Crippen LogP contribution in [0.1, 0.15) is 25.8 Å². The van der Waals surface area contributed by atoms with Gasteiger partial charge in [0.25, 0.3) is 0 Å². The van der Waals surface area contributed by atoms with Gasteiger partial charge in [-0.05, 0) is 32.9 Å². The molecule has 104 valence electrons. The second-order valence-corrected chi connectivity index (χ2v) is 6.59. The summed E-state index contributed by atoms with van der Waals surface area (Å²) in [5.74, 6) is 5.36. The Balaban J connectivity index is 2.57. The second-order valence-electron chi connectivity index (χ2n) is 4.82. The largest absolute Gasteiger partial charge is 0.378 e. The average molecular weight is 281 g/mol. The standard InChI is InChI=1S/C14H19NO3S/c1-12-6-8-13(9-7-12)19(17,18)15-11-5-4-10-14(2,3)16/h6-9,15-16H,5,11H2,1-3H3. The molecule has 5 heteroatoms. The number of nitrogens with one attached hydrogen (secondary N) is 1. The molecule has 1 aromatic carbocycles. The summed E-state index contributed by atoms with van der Waals surface area (Å²) in [6, 6.07) is 6.64. The van der Waals surface area contributed by atoms with Crippen LogP contribution in [0.15, 0.2) is 29.2 Å². The molecule has 2 N–H and O–H groups in total. The van der Waals surface area contributed by atoms with Gasteiger partial charge >= 0.3 is 0 Å². The highest BCUT2D eigenvalue weighted by molar-refractivity contribution is 7.89. The van der Waals surface area contributed by atoms with E-state index in [0.717, 1.165) is 5.56 Å². The van der Waals surface area contributed by atoms with E-state index >= 15 is 0 Å². The molecular formula is C14H19NO3S. The second kappa shape index (κ2) is 6.20. The Bertz CT molecular complexity index is 572. The topological polar surface area (TPSA) is 66.4 Å². The van der Waals surface area contributed by atoms with Crippen molar-refractivity contribution in [3.05, 3.63) is 29.8 Å². The summed E-state index contributed by atoms with van der Waals surface area (Å²) in [4.78, 5) is 0.244. The molecule has 1 aromatic rings. The molecule has 0 heterocycles. The fourth-order valence-corrected chi connectivity index (χ4v) is 2.36. The maximum absolute atomic E-state index is 11.9. The molecule has 0 saturated heterocycles. The molecular weight excluding hydrogens is 262 g/mol. The summed E-state index contributed by atoms with van der Waals surface area (Å²) in [7, 11) is -3.47. The van der Waals surface area contributed by atoms with Crippen LogP contribution in [0.5, 0.6) is 0 Å². The number of hydrogen-bond donors (Lipinski definition) is 2. The van der Waals surface area contributed by atoms with Gasteiger partial charge in [0.05, 0.1) is 4.90 Å². The summed E-state index contributed by atoms with van der Waals surface area (Å²) in [6.45, 7) is 5.28. The lowest BCUT2D eigenvalue weighted by Gasteiger charge is -2.07. The normalized spacial score (nSPS) is 11.8. The van der Waals surface area contributed by atoms with Crippen LogP contribution in [0.2, 0.25) is 0 Å². The van der Waals surface area contributed by atoms with Crippen LogP contribution >= 0.6 is 0 Å². The van der Waals surface area contributed by atoms with E-state index < -0.39 is 15.6 Å². The number of benzene rings is 1. The van der Waals surface area contributed by atoms with Crippen molar-refractivity contribution in [3.8, 4) is 11.8 Å². The molecule has 0 atom stereocenters. The molecule has 0 saturated carbocycles. The molecule has 0 aliphatic rings. The first-order valence-corrected chi connectivity index (χ1v) is 7.48. The van der Waals surface area contributed by atoms with Crippen LogP contribution in [0.4, 0.5) is 0 Å². The minimum atomic E-state index is -3.47. The summed E-state index contributed by atoms with van der Waals surface area (Å²) in [5, 5.41) is 9.37. The quantitative estimate of drug-likeness (QED) is 0.648. The maximum atomic E-state index is 11.9. The number of hydrogen-bond acceptors (Lipinski definition) is 3. The van der Waals surface area contributed by atoms with E-state index in [9.17, 15) is 13.5 Å². The van der Waals surface area contributed by atoms with Gasteiger partial charge in [0.1, 0.15) is 5.60 Å². The summed E-state index contributed by atoms with van der Waals surface area (Å²) in [5.41, 5.74) is -0.0365. The summed E-state index contributed by atoms with van der Waals surface area (Å²) >= 11 is 0. The fraction of sp³-hybridized carbons (Fsp3) is 0.429. The molecule has 0 radical (unpaired) electrons. The Labute approximate surface area is 114 Å². The molecule has 19 heavy (non-hydrogen) atoms. The average Bonchev–Trinajstić information content (AvgIpc) is 2.27. The van der Waals surface area contributed by atoms with Gasteiger partial charge in [-0.25, -0.2) is 13.1 Å². The molecule has 0 aliphatic carbocycles. The van der Waals surface area contributed by atoms with Gasteiger partial charge in [-0.3, -0.25) is 0 Å². The predicted molar refractivity (Wildman–Crippen MR) is 75.1 cm³/mol. The third-order valence-corrected chi connectivity index (χ3v) is 3.74. The molecule has 0 bridgehead atoms. The zero-order chi connectivity index (χ0) is 14.5. The van der Waals surface area contributed by atoms with E-state index in [1.165, 1.54) is 0 Å². The third-order valence-electron chi connectivity index (χ3n) is 2.27. The number of rotatable bonds is 4. The van der Waals surface area contributed by atoms with E-state index in [1.807, 2.05) is 6.92 Å². The van der Waals surface area contributed by atoms with Crippen molar-refractivity contribution in [1.82, 2.24) is 4.72 Å². The van der Waals surface area contributed by atoms with Gasteiger partial charge in [0.2, 0.25) is 10.0 Å². The van der Waals surface area contributed by atoms with E-state index in [2.05, 4.69) is 16.6 Å². The van der Waals surface area contributed by atoms with Crippen LogP contribution in [-0.2, 0) is 10.0 Å². The molecule has 0 fully saturated rings. The number of aryl methyl sites for hydroxylation is 1. The van der Waals surface area contributed by atoms with Crippen LogP contribution in [0.3, 0.4) is 0 Å².